The highest BCUT2D eigenvalue weighted by atomic mass is 32.2. The van der Waals surface area contributed by atoms with Gasteiger partial charge < -0.3 is 29.6 Å². The largest absolute Gasteiger partial charge is 0.457 e. The van der Waals surface area contributed by atoms with Crippen LogP contribution in [0, 0.1) is 0 Å². The van der Waals surface area contributed by atoms with Crippen LogP contribution in [0.5, 0.6) is 0 Å². The minimum Gasteiger partial charge on any atom is -0.457 e. The number of carbonyl (C=O) groups is 5. The molecule has 3 amide bonds. The molecule has 0 saturated carbocycles. The number of ketones is 1. The van der Waals surface area contributed by atoms with Gasteiger partial charge in [-0.05, 0) is 53.3 Å². The number of alkyl carbamates (subject to hydrolysis) is 1. The Bertz CT molecular complexity index is 2710. The number of ether oxygens (including phenoxy) is 2. The molecule has 2 heterocycles. The number of nitrogens with zero attached hydrogens (tertiary/aromatic N) is 2. The van der Waals surface area contributed by atoms with Crippen LogP contribution in [0.1, 0.15) is 47.2 Å². The maximum Gasteiger partial charge on any atom is 0.408 e. The SMILES string of the molecule is CC(C)OC(=O)C(=O)[C@H](Cc1ccccc1)NC(=O)[C@@H]1CSCN1C(=O)[C@H](Cc1cn(C(c2ccccc2)(c2ccccc2)c2ccccc2)c2ccccc12)NC(=O)OCc1ccccc1. The first kappa shape index (κ1) is 46.1. The third-order valence-corrected chi connectivity index (χ3v) is 12.9. The molecule has 0 spiro atoms. The molecule has 11 nitrogen and oxygen atoms in total. The van der Waals surface area contributed by atoms with Crippen molar-refractivity contribution in [3.8, 4) is 0 Å². The summed E-state index contributed by atoms with van der Waals surface area (Å²) in [6.45, 7) is 3.25. The smallest absolute Gasteiger partial charge is 0.408 e. The van der Waals surface area contributed by atoms with Gasteiger partial charge in [-0.3, -0.25) is 14.4 Å². The Hall–Kier alpha value is -7.44. The summed E-state index contributed by atoms with van der Waals surface area (Å²) in [5.74, 6) is -2.71. The first-order valence-electron chi connectivity index (χ1n) is 22.3. The summed E-state index contributed by atoms with van der Waals surface area (Å²) in [6, 6.07) is 53.7. The van der Waals surface area contributed by atoms with Crippen LogP contribution in [-0.2, 0) is 53.6 Å². The molecule has 2 N–H and O–H groups in total. The summed E-state index contributed by atoms with van der Waals surface area (Å²) >= 11 is 1.37. The number of nitrogens with one attached hydrogen (secondary N) is 2. The van der Waals surface area contributed by atoms with Crippen molar-refractivity contribution in [2.24, 2.45) is 0 Å². The topological polar surface area (TPSA) is 136 Å². The van der Waals surface area contributed by atoms with Crippen LogP contribution >= 0.6 is 11.8 Å². The van der Waals surface area contributed by atoms with Crippen LogP contribution in [0.2, 0.25) is 0 Å². The Kier molecular flexibility index (Phi) is 14.6. The van der Waals surface area contributed by atoms with E-state index in [0.29, 0.717) is 0 Å². The standard InChI is InChI=1S/C55H52N4O7S/c1-38(2)66-53(63)50(60)46(32-39-20-8-3-9-21-39)56-51(61)49-36-67-37-58(49)52(62)47(57-54(64)65-35-40-22-10-4-11-23-40)33-41-34-59(48-31-19-18-30-45(41)48)55(42-24-12-5-13-25-42,43-26-14-6-15-27-43)44-28-16-7-17-29-44/h3-31,34,38,46-47,49H,32-33,35-37H2,1-2H3,(H,56,61)(H,57,64)/t46-,47-,49-/m0/s1. The molecule has 8 rings (SSSR count). The minimum atomic E-state index is -1.25. The molecule has 0 aliphatic carbocycles. The van der Waals surface area contributed by atoms with Gasteiger partial charge in [0.15, 0.2) is 0 Å². The number of para-hydroxylation sites is 1. The molecule has 67 heavy (non-hydrogen) atoms. The summed E-state index contributed by atoms with van der Waals surface area (Å²) in [5.41, 5.74) is 5.32. The van der Waals surface area contributed by atoms with E-state index in [2.05, 4.69) is 63.9 Å². The third kappa shape index (κ3) is 10.3. The summed E-state index contributed by atoms with van der Waals surface area (Å²) in [6.07, 6.45) is 0.779. The van der Waals surface area contributed by atoms with Crippen molar-refractivity contribution in [3.63, 3.8) is 0 Å². The fourth-order valence-electron chi connectivity index (χ4n) is 8.79. The van der Waals surface area contributed by atoms with Crippen LogP contribution in [0.15, 0.2) is 182 Å². The maximum atomic E-state index is 15.1. The van der Waals surface area contributed by atoms with Gasteiger partial charge in [-0.2, -0.15) is 0 Å². The van der Waals surface area contributed by atoms with E-state index in [1.165, 1.54) is 16.7 Å². The minimum absolute atomic E-state index is 0.0265. The number of fused-ring (bicyclic) bond motifs is 1. The number of rotatable bonds is 17. The van der Waals surface area contributed by atoms with Gasteiger partial charge in [-0.15, -0.1) is 11.8 Å². The van der Waals surface area contributed by atoms with E-state index in [9.17, 15) is 19.2 Å². The van der Waals surface area contributed by atoms with Gasteiger partial charge in [-0.25, -0.2) is 9.59 Å². The lowest BCUT2D eigenvalue weighted by molar-refractivity contribution is -0.158. The van der Waals surface area contributed by atoms with Crippen LogP contribution in [0.3, 0.4) is 0 Å². The molecule has 12 heteroatoms. The van der Waals surface area contributed by atoms with E-state index in [1.54, 1.807) is 38.1 Å². The van der Waals surface area contributed by atoms with Crippen molar-refractivity contribution in [3.05, 3.63) is 216 Å². The highest BCUT2D eigenvalue weighted by molar-refractivity contribution is 7.99. The number of thioether (sulfide) groups is 1. The Balaban J connectivity index is 1.17. The van der Waals surface area contributed by atoms with Crippen molar-refractivity contribution in [1.82, 2.24) is 20.1 Å². The number of amides is 3. The average molecular weight is 913 g/mol. The second-order valence-electron chi connectivity index (χ2n) is 16.7. The number of aromatic nitrogens is 1. The van der Waals surface area contributed by atoms with Crippen LogP contribution in [0.25, 0.3) is 10.9 Å². The number of carbonyl (C=O) groups excluding carboxylic acids is 5. The molecule has 0 unspecified atom stereocenters. The monoisotopic (exact) mass is 912 g/mol. The van der Waals surface area contributed by atoms with E-state index < -0.39 is 59.4 Å². The molecule has 0 bridgehead atoms. The summed E-state index contributed by atoms with van der Waals surface area (Å²) in [5, 5.41) is 6.55. The van der Waals surface area contributed by atoms with Crippen molar-refractivity contribution >= 4 is 52.3 Å². The van der Waals surface area contributed by atoms with Crippen molar-refractivity contribution in [2.75, 3.05) is 11.6 Å². The number of esters is 1. The van der Waals surface area contributed by atoms with Crippen molar-refractivity contribution in [1.29, 1.82) is 0 Å². The first-order valence-corrected chi connectivity index (χ1v) is 23.5. The molecular formula is C55H52N4O7S. The molecule has 7 aromatic rings. The highest BCUT2D eigenvalue weighted by Gasteiger charge is 2.43. The Morgan fingerprint density at radius 1 is 0.642 bits per heavy atom. The molecule has 1 aromatic heterocycles. The lowest BCUT2D eigenvalue weighted by Crippen LogP contribution is -2.57. The Morgan fingerprint density at radius 2 is 1.16 bits per heavy atom. The zero-order valence-electron chi connectivity index (χ0n) is 37.3. The molecule has 3 atom stereocenters. The lowest BCUT2D eigenvalue weighted by Gasteiger charge is -2.38. The van der Waals surface area contributed by atoms with Gasteiger partial charge in [-0.1, -0.05) is 170 Å². The van der Waals surface area contributed by atoms with E-state index in [-0.39, 0.29) is 31.1 Å². The Morgan fingerprint density at radius 3 is 1.73 bits per heavy atom. The van der Waals surface area contributed by atoms with Gasteiger partial charge in [0.1, 0.15) is 30.3 Å². The van der Waals surface area contributed by atoms with Crippen LogP contribution in [0.4, 0.5) is 4.79 Å². The summed E-state index contributed by atoms with van der Waals surface area (Å²) in [7, 11) is 0. The molecular weight excluding hydrogens is 861 g/mol. The molecule has 1 fully saturated rings. The number of hydrogen-bond acceptors (Lipinski definition) is 8. The molecule has 1 aliphatic rings. The molecule has 340 valence electrons. The van der Waals surface area contributed by atoms with Gasteiger partial charge in [0.25, 0.3) is 5.78 Å². The zero-order valence-corrected chi connectivity index (χ0v) is 38.1. The normalized spacial score (nSPS) is 14.6. The van der Waals surface area contributed by atoms with Gasteiger partial charge in [0.05, 0.1) is 12.0 Å². The van der Waals surface area contributed by atoms with Gasteiger partial charge in [0.2, 0.25) is 11.8 Å². The van der Waals surface area contributed by atoms with E-state index in [0.717, 1.165) is 44.3 Å². The van der Waals surface area contributed by atoms with Crippen LogP contribution in [-0.4, -0.2) is 75.0 Å². The number of hydrogen-bond donors (Lipinski definition) is 2. The molecule has 1 aliphatic heterocycles. The predicted octanol–water partition coefficient (Wildman–Crippen LogP) is 8.47. The summed E-state index contributed by atoms with van der Waals surface area (Å²) < 4.78 is 13.2. The first-order chi connectivity index (χ1) is 32.6. The Labute approximate surface area is 394 Å². The summed E-state index contributed by atoms with van der Waals surface area (Å²) in [4.78, 5) is 71.2. The average Bonchev–Trinajstić information content (AvgIpc) is 4.00. The maximum absolute atomic E-state index is 15.1. The fourth-order valence-corrected chi connectivity index (χ4v) is 9.96. The zero-order chi connectivity index (χ0) is 46.8. The lowest BCUT2D eigenvalue weighted by atomic mass is 9.76. The predicted molar refractivity (Wildman–Crippen MR) is 260 cm³/mol. The van der Waals surface area contributed by atoms with Crippen LogP contribution < -0.4 is 10.6 Å². The van der Waals surface area contributed by atoms with Gasteiger partial charge in [0, 0.05) is 35.7 Å². The van der Waals surface area contributed by atoms with E-state index in [4.69, 9.17) is 9.47 Å². The van der Waals surface area contributed by atoms with E-state index >= 15 is 4.79 Å². The number of Topliss-reactive ketones (excluding diaryl/α,β-unsaturated/α-hetero) is 1. The highest BCUT2D eigenvalue weighted by Crippen LogP contribution is 2.44. The quantitative estimate of drug-likeness (QED) is 0.0528. The molecule has 1 saturated heterocycles. The molecule has 0 radical (unpaired) electrons. The van der Waals surface area contributed by atoms with Crippen molar-refractivity contribution in [2.45, 2.75) is 63.1 Å². The molecule has 6 aromatic carbocycles. The fraction of sp³-hybridized carbons (Fsp3) is 0.218. The number of benzene rings is 6. The van der Waals surface area contributed by atoms with Crippen molar-refractivity contribution < 1.29 is 33.4 Å². The van der Waals surface area contributed by atoms with E-state index in [1.807, 2.05) is 109 Å². The second kappa shape index (κ2) is 21.2. The third-order valence-electron chi connectivity index (χ3n) is 11.9. The van der Waals surface area contributed by atoms with Gasteiger partial charge >= 0.3 is 12.1 Å². The second-order valence-corrected chi connectivity index (χ2v) is 17.7.